The van der Waals surface area contributed by atoms with Gasteiger partial charge >= 0.3 is 0 Å². The van der Waals surface area contributed by atoms with E-state index >= 15 is 0 Å². The van der Waals surface area contributed by atoms with E-state index in [9.17, 15) is 0 Å². The molecule has 4 nitrogen and oxygen atoms in total. The maximum absolute atomic E-state index is 5.89. The van der Waals surface area contributed by atoms with Crippen molar-refractivity contribution in [2.75, 3.05) is 14.2 Å². The lowest BCUT2D eigenvalue weighted by atomic mass is 9.93. The molecule has 0 saturated carbocycles. The van der Waals surface area contributed by atoms with Crippen molar-refractivity contribution in [3.63, 3.8) is 0 Å². The maximum atomic E-state index is 5.89. The molecule has 0 atom stereocenters. The second kappa shape index (κ2) is 10.2. The average molecular weight is 575 g/mol. The monoisotopic (exact) mass is 574 g/mol. The Labute approximate surface area is 254 Å². The zero-order chi connectivity index (χ0) is 28.9. The standard InChI is InChI=1S/C38H26N2O2S/c1-41-35-21-34-30-17-9-26(10-18-30)24-5-13-28(14-6-24)32-20-19-31(37-38(32)40-43-39-37)27-11-3-23(4-12-27)25-7-15-29(16-8-25)33(35)22-36(34)42-2/h3-22H,1-2H3. The third-order valence-electron chi connectivity index (χ3n) is 8.39. The molecule has 16 aliphatic rings. The van der Waals surface area contributed by atoms with Crippen LogP contribution in [0.25, 0.3) is 77.8 Å². The number of ether oxygens (including phenoxy) is 2. The minimum Gasteiger partial charge on any atom is -0.496 e. The van der Waals surface area contributed by atoms with Gasteiger partial charge in [-0.2, -0.15) is 8.75 Å². The minimum atomic E-state index is 0.801. The van der Waals surface area contributed by atoms with Gasteiger partial charge < -0.3 is 9.47 Å². The van der Waals surface area contributed by atoms with Crippen LogP contribution in [-0.4, -0.2) is 23.0 Å². The predicted molar refractivity (Wildman–Crippen MR) is 177 cm³/mol. The van der Waals surface area contributed by atoms with E-state index in [2.05, 4.69) is 121 Å². The van der Waals surface area contributed by atoms with E-state index < -0.39 is 0 Å². The molecule has 6 aromatic carbocycles. The van der Waals surface area contributed by atoms with Crippen LogP contribution < -0.4 is 9.47 Å². The number of aromatic nitrogens is 2. The average Bonchev–Trinajstić information content (AvgIpc) is 3.58. The Hall–Kier alpha value is -5.26. The Bertz CT molecular complexity index is 1960. The van der Waals surface area contributed by atoms with Gasteiger partial charge in [0.2, 0.25) is 0 Å². The zero-order valence-corrected chi connectivity index (χ0v) is 24.5. The van der Waals surface area contributed by atoms with Crippen molar-refractivity contribution in [2.24, 2.45) is 0 Å². The number of methoxy groups -OCH3 is 2. The van der Waals surface area contributed by atoms with Crippen LogP contribution >= 0.6 is 11.7 Å². The van der Waals surface area contributed by atoms with Crippen molar-refractivity contribution in [3.05, 3.63) is 121 Å². The van der Waals surface area contributed by atoms with Gasteiger partial charge in [0.25, 0.3) is 0 Å². The molecule has 0 spiro atoms. The van der Waals surface area contributed by atoms with Gasteiger partial charge in [-0.05, 0) is 56.6 Å². The smallest absolute Gasteiger partial charge is 0.127 e. The Morgan fingerprint density at radius 1 is 0.372 bits per heavy atom. The highest BCUT2D eigenvalue weighted by Crippen LogP contribution is 2.42. The SMILES string of the molecule is COc1cc2c(OC)cc1-c1ccc(cc1)-c1ccc(cc1)-c1ccc(c3nsnc13)-c1ccc(cc1)-c1ccc-2cc1. The molecule has 206 valence electrons. The number of hydrogen-bond acceptors (Lipinski definition) is 5. The van der Waals surface area contributed by atoms with Crippen molar-refractivity contribution in [2.45, 2.75) is 0 Å². The van der Waals surface area contributed by atoms with Gasteiger partial charge in [0.1, 0.15) is 22.5 Å². The molecule has 7 aromatic rings. The lowest BCUT2D eigenvalue weighted by Gasteiger charge is -2.16. The Balaban J connectivity index is 1.33. The summed E-state index contributed by atoms with van der Waals surface area (Å²) in [6, 6.07) is 43.0. The fourth-order valence-corrected chi connectivity index (χ4v) is 6.62. The maximum Gasteiger partial charge on any atom is 0.127 e. The van der Waals surface area contributed by atoms with E-state index in [1.807, 2.05) is 0 Å². The first-order chi connectivity index (χ1) is 21.2. The molecule has 0 N–H and O–H groups in total. The third kappa shape index (κ3) is 4.28. The molecular weight excluding hydrogens is 548 g/mol. The molecule has 0 radical (unpaired) electrons. The van der Waals surface area contributed by atoms with Gasteiger partial charge in [-0.15, -0.1) is 0 Å². The van der Waals surface area contributed by atoms with Gasteiger partial charge in [-0.25, -0.2) is 0 Å². The Morgan fingerprint density at radius 2 is 0.651 bits per heavy atom. The molecule has 1 aromatic heterocycles. The zero-order valence-electron chi connectivity index (χ0n) is 23.7. The molecule has 43 heavy (non-hydrogen) atoms. The fourth-order valence-electron chi connectivity index (χ4n) is 6.05. The molecular formula is C38H26N2O2S. The van der Waals surface area contributed by atoms with Crippen LogP contribution in [0.5, 0.6) is 11.5 Å². The van der Waals surface area contributed by atoms with Gasteiger partial charge in [-0.1, -0.05) is 109 Å². The van der Waals surface area contributed by atoms with E-state index in [1.165, 1.54) is 11.7 Å². The predicted octanol–water partition coefficient (Wildman–Crippen LogP) is 10.0. The summed E-state index contributed by atoms with van der Waals surface area (Å²) in [7, 11) is 3.44. The molecule has 5 heteroatoms. The number of rotatable bonds is 2. The summed E-state index contributed by atoms with van der Waals surface area (Å²) in [5.41, 5.74) is 15.0. The molecule has 0 unspecified atom stereocenters. The van der Waals surface area contributed by atoms with Crippen LogP contribution in [0.4, 0.5) is 0 Å². The highest BCUT2D eigenvalue weighted by atomic mass is 32.1. The minimum absolute atomic E-state index is 0.801. The van der Waals surface area contributed by atoms with Gasteiger partial charge in [-0.3, -0.25) is 0 Å². The van der Waals surface area contributed by atoms with Crippen LogP contribution in [0.2, 0.25) is 0 Å². The number of nitrogens with zero attached hydrogens (tertiary/aromatic N) is 2. The second-order valence-corrected chi connectivity index (χ2v) is 11.2. The third-order valence-corrected chi connectivity index (χ3v) is 8.92. The van der Waals surface area contributed by atoms with Crippen LogP contribution in [-0.2, 0) is 0 Å². The number of hydrogen-bond donors (Lipinski definition) is 0. The molecule has 0 fully saturated rings. The summed E-state index contributed by atoms with van der Waals surface area (Å²) in [6.07, 6.45) is 0. The van der Waals surface area contributed by atoms with E-state index in [-0.39, 0.29) is 0 Å². The highest BCUT2D eigenvalue weighted by Gasteiger charge is 2.17. The van der Waals surface area contributed by atoms with Gasteiger partial charge in [0, 0.05) is 22.3 Å². The van der Waals surface area contributed by atoms with Crippen molar-refractivity contribution in [3.8, 4) is 78.3 Å². The molecule has 0 saturated heterocycles. The largest absolute Gasteiger partial charge is 0.496 e. The summed E-state index contributed by atoms with van der Waals surface area (Å²) in [6.45, 7) is 0. The second-order valence-electron chi connectivity index (χ2n) is 10.7. The molecule has 0 aliphatic heterocycles. The normalized spacial score (nSPS) is 11.5. The molecule has 23 rings (SSSR count). The van der Waals surface area contributed by atoms with Crippen molar-refractivity contribution in [1.29, 1.82) is 0 Å². The fraction of sp³-hybridized carbons (Fsp3) is 0.0526. The van der Waals surface area contributed by atoms with Crippen molar-refractivity contribution >= 4 is 22.8 Å². The first kappa shape index (κ1) is 25.5. The summed E-state index contributed by atoms with van der Waals surface area (Å²) < 4.78 is 21.2. The summed E-state index contributed by atoms with van der Waals surface area (Å²) in [4.78, 5) is 0. The molecule has 0 amide bonds. The molecule has 1 heterocycles. The van der Waals surface area contributed by atoms with Gasteiger partial charge in [0.05, 0.1) is 25.9 Å². The summed E-state index contributed by atoms with van der Waals surface area (Å²) >= 11 is 1.26. The van der Waals surface area contributed by atoms with E-state index in [0.29, 0.717) is 0 Å². The van der Waals surface area contributed by atoms with Crippen LogP contribution in [0.1, 0.15) is 0 Å². The van der Waals surface area contributed by atoms with Crippen LogP contribution in [0.3, 0.4) is 0 Å². The van der Waals surface area contributed by atoms with Crippen LogP contribution in [0.15, 0.2) is 121 Å². The number of benzene rings is 6. The van der Waals surface area contributed by atoms with E-state index in [4.69, 9.17) is 18.2 Å². The Morgan fingerprint density at radius 3 is 0.953 bits per heavy atom. The lowest BCUT2D eigenvalue weighted by molar-refractivity contribution is 0.406. The van der Waals surface area contributed by atoms with E-state index in [1.54, 1.807) is 14.2 Å². The van der Waals surface area contributed by atoms with Gasteiger partial charge in [0.15, 0.2) is 0 Å². The highest BCUT2D eigenvalue weighted by molar-refractivity contribution is 7.00. The van der Waals surface area contributed by atoms with Crippen LogP contribution in [0, 0.1) is 0 Å². The van der Waals surface area contributed by atoms with Crippen molar-refractivity contribution < 1.29 is 9.47 Å². The van der Waals surface area contributed by atoms with E-state index in [0.717, 1.165) is 89.3 Å². The summed E-state index contributed by atoms with van der Waals surface area (Å²) in [5.74, 6) is 1.60. The topological polar surface area (TPSA) is 44.2 Å². The van der Waals surface area contributed by atoms with Crippen molar-refractivity contribution in [1.82, 2.24) is 8.75 Å². The lowest BCUT2D eigenvalue weighted by Crippen LogP contribution is -1.94. The first-order valence-corrected chi connectivity index (χ1v) is 14.9. The Kier molecular flexibility index (Phi) is 6.05. The first-order valence-electron chi connectivity index (χ1n) is 14.1. The molecule has 16 aliphatic carbocycles. The summed E-state index contributed by atoms with van der Waals surface area (Å²) in [5, 5.41) is 0. The quantitative estimate of drug-likeness (QED) is 0.206. The molecule has 12 bridgehead atoms.